The second-order valence-corrected chi connectivity index (χ2v) is 9.25. The molecule has 5 heteroatoms. The number of amides is 1. The Hall–Kier alpha value is -1.17. The number of hydrogen-bond donors (Lipinski definition) is 4. The summed E-state index contributed by atoms with van der Waals surface area (Å²) in [5.74, 6) is -0.545. The monoisotopic (exact) mass is 467 g/mol. The Morgan fingerprint density at radius 2 is 1.21 bits per heavy atom. The van der Waals surface area contributed by atoms with Gasteiger partial charge in [-0.05, 0) is 38.5 Å². The van der Waals surface area contributed by atoms with E-state index < -0.39 is 24.2 Å². The SMILES string of the molecule is CCCCCC/C=C\CCC(O)C(=O)NC(CO)C(O)/C=C/CCCCCCCCCCC. The van der Waals surface area contributed by atoms with Crippen molar-refractivity contribution in [3.05, 3.63) is 24.3 Å². The fraction of sp³-hybridized carbons (Fsp3) is 0.821. The van der Waals surface area contributed by atoms with Crippen molar-refractivity contribution in [1.82, 2.24) is 5.32 Å². The highest BCUT2D eigenvalue weighted by Gasteiger charge is 2.22. The van der Waals surface area contributed by atoms with Crippen LogP contribution in [0.1, 0.15) is 123 Å². The molecule has 0 saturated heterocycles. The minimum atomic E-state index is -1.14. The standard InChI is InChI=1S/C28H53NO4/c1-3-5-7-9-11-13-14-15-17-18-20-22-26(31)25(24-30)29-28(33)27(32)23-21-19-16-12-10-8-6-4-2/h16,19-20,22,25-27,30-32H,3-15,17-18,21,23-24H2,1-2H3,(H,29,33)/b19-16-,22-20+. The number of aliphatic hydroxyl groups excluding tert-OH is 3. The lowest BCUT2D eigenvalue weighted by molar-refractivity contribution is -0.131. The van der Waals surface area contributed by atoms with Gasteiger partial charge in [0.25, 0.3) is 0 Å². The van der Waals surface area contributed by atoms with E-state index in [0.717, 1.165) is 19.3 Å². The van der Waals surface area contributed by atoms with Crippen LogP contribution in [0.5, 0.6) is 0 Å². The number of allylic oxidation sites excluding steroid dienone is 3. The van der Waals surface area contributed by atoms with E-state index in [1.54, 1.807) is 6.08 Å². The van der Waals surface area contributed by atoms with Gasteiger partial charge in [0, 0.05) is 0 Å². The van der Waals surface area contributed by atoms with Gasteiger partial charge < -0.3 is 20.6 Å². The Morgan fingerprint density at radius 1 is 0.727 bits per heavy atom. The molecule has 0 heterocycles. The molecule has 1 amide bonds. The summed E-state index contributed by atoms with van der Waals surface area (Å²) in [6.07, 6.45) is 24.8. The van der Waals surface area contributed by atoms with Gasteiger partial charge in [-0.1, -0.05) is 109 Å². The molecule has 0 aromatic rings. The van der Waals surface area contributed by atoms with E-state index in [2.05, 4.69) is 25.2 Å². The van der Waals surface area contributed by atoms with Gasteiger partial charge in [0.15, 0.2) is 0 Å². The predicted molar refractivity (Wildman–Crippen MR) is 139 cm³/mol. The number of unbranched alkanes of at least 4 members (excludes halogenated alkanes) is 13. The summed E-state index contributed by atoms with van der Waals surface area (Å²) in [6, 6.07) is -0.805. The molecule has 33 heavy (non-hydrogen) atoms. The third-order valence-electron chi connectivity index (χ3n) is 6.04. The molecule has 0 spiro atoms. The van der Waals surface area contributed by atoms with Crippen molar-refractivity contribution in [1.29, 1.82) is 0 Å². The van der Waals surface area contributed by atoms with Crippen molar-refractivity contribution >= 4 is 5.91 Å². The molecule has 0 radical (unpaired) electrons. The lowest BCUT2D eigenvalue weighted by Crippen LogP contribution is -2.48. The molecule has 194 valence electrons. The first-order valence-electron chi connectivity index (χ1n) is 13.7. The maximum Gasteiger partial charge on any atom is 0.249 e. The molecule has 0 aliphatic carbocycles. The van der Waals surface area contributed by atoms with Crippen LogP contribution in [0.2, 0.25) is 0 Å². The summed E-state index contributed by atoms with van der Waals surface area (Å²) in [6.45, 7) is 4.05. The largest absolute Gasteiger partial charge is 0.394 e. The third-order valence-corrected chi connectivity index (χ3v) is 6.04. The zero-order chi connectivity index (χ0) is 24.6. The smallest absolute Gasteiger partial charge is 0.249 e. The molecule has 0 aliphatic heterocycles. The van der Waals surface area contributed by atoms with Crippen LogP contribution in [0.4, 0.5) is 0 Å². The van der Waals surface area contributed by atoms with Crippen LogP contribution in [0.25, 0.3) is 0 Å². The van der Waals surface area contributed by atoms with Crippen molar-refractivity contribution in [2.45, 2.75) is 141 Å². The van der Waals surface area contributed by atoms with Gasteiger partial charge in [-0.2, -0.15) is 0 Å². The molecule has 0 aromatic carbocycles. The summed E-state index contributed by atoms with van der Waals surface area (Å²) in [5, 5.41) is 32.4. The average molecular weight is 468 g/mol. The van der Waals surface area contributed by atoms with E-state index in [9.17, 15) is 20.1 Å². The lowest BCUT2D eigenvalue weighted by Gasteiger charge is -2.21. The van der Waals surface area contributed by atoms with Crippen molar-refractivity contribution < 1.29 is 20.1 Å². The molecule has 0 aromatic heterocycles. The fourth-order valence-electron chi connectivity index (χ4n) is 3.77. The van der Waals surface area contributed by atoms with Crippen LogP contribution in [-0.2, 0) is 4.79 Å². The Balaban J connectivity index is 3.96. The predicted octanol–water partition coefficient (Wildman–Crippen LogP) is 5.97. The minimum absolute atomic E-state index is 0.333. The molecule has 0 aliphatic rings. The van der Waals surface area contributed by atoms with Crippen molar-refractivity contribution in [3.63, 3.8) is 0 Å². The zero-order valence-corrected chi connectivity index (χ0v) is 21.5. The first-order valence-corrected chi connectivity index (χ1v) is 13.7. The van der Waals surface area contributed by atoms with Gasteiger partial charge in [-0.3, -0.25) is 4.79 Å². The van der Waals surface area contributed by atoms with Crippen LogP contribution < -0.4 is 5.32 Å². The Kier molecular flexibility index (Phi) is 23.1. The summed E-state index contributed by atoms with van der Waals surface area (Å²) >= 11 is 0. The van der Waals surface area contributed by atoms with Gasteiger partial charge in [0.2, 0.25) is 5.91 Å². The Bertz CT molecular complexity index is 492. The highest BCUT2D eigenvalue weighted by molar-refractivity contribution is 5.80. The molecule has 5 nitrogen and oxygen atoms in total. The molecular formula is C28H53NO4. The third kappa shape index (κ3) is 20.0. The van der Waals surface area contributed by atoms with E-state index in [1.807, 2.05) is 12.2 Å². The van der Waals surface area contributed by atoms with E-state index in [4.69, 9.17) is 0 Å². The van der Waals surface area contributed by atoms with Gasteiger partial charge in [0.05, 0.1) is 18.8 Å². The Labute approximate surface area is 203 Å². The molecule has 4 N–H and O–H groups in total. The quantitative estimate of drug-likeness (QED) is 0.110. The molecular weight excluding hydrogens is 414 g/mol. The number of nitrogens with one attached hydrogen (secondary N) is 1. The van der Waals surface area contributed by atoms with E-state index in [0.29, 0.717) is 12.8 Å². The zero-order valence-electron chi connectivity index (χ0n) is 21.5. The number of aliphatic hydroxyl groups is 3. The van der Waals surface area contributed by atoms with Crippen LogP contribution in [-0.4, -0.2) is 46.1 Å². The second-order valence-electron chi connectivity index (χ2n) is 9.25. The molecule has 0 fully saturated rings. The van der Waals surface area contributed by atoms with Crippen molar-refractivity contribution in [2.75, 3.05) is 6.61 Å². The second kappa shape index (κ2) is 24.0. The normalized spacial score (nSPS) is 14.7. The molecule has 0 bridgehead atoms. The summed E-state index contributed by atoms with van der Waals surface area (Å²) in [5.41, 5.74) is 0. The van der Waals surface area contributed by atoms with Crippen LogP contribution in [0.3, 0.4) is 0 Å². The van der Waals surface area contributed by atoms with Crippen LogP contribution in [0, 0.1) is 0 Å². The average Bonchev–Trinajstić information content (AvgIpc) is 2.82. The van der Waals surface area contributed by atoms with E-state index in [-0.39, 0.29) is 6.61 Å². The van der Waals surface area contributed by atoms with E-state index in [1.165, 1.54) is 77.0 Å². The minimum Gasteiger partial charge on any atom is -0.394 e. The first-order chi connectivity index (χ1) is 16.1. The topological polar surface area (TPSA) is 89.8 Å². The van der Waals surface area contributed by atoms with Gasteiger partial charge in [0.1, 0.15) is 6.10 Å². The summed E-state index contributed by atoms with van der Waals surface area (Å²) in [7, 11) is 0. The Morgan fingerprint density at radius 3 is 1.79 bits per heavy atom. The van der Waals surface area contributed by atoms with Gasteiger partial charge in [-0.15, -0.1) is 0 Å². The van der Waals surface area contributed by atoms with Crippen LogP contribution >= 0.6 is 0 Å². The molecule has 0 rings (SSSR count). The first kappa shape index (κ1) is 31.8. The lowest BCUT2D eigenvalue weighted by atomic mass is 10.1. The fourth-order valence-corrected chi connectivity index (χ4v) is 3.77. The number of carbonyl (C=O) groups excluding carboxylic acids is 1. The number of rotatable bonds is 23. The van der Waals surface area contributed by atoms with Gasteiger partial charge >= 0.3 is 0 Å². The van der Waals surface area contributed by atoms with Gasteiger partial charge in [-0.25, -0.2) is 0 Å². The number of carbonyl (C=O) groups is 1. The van der Waals surface area contributed by atoms with Crippen LogP contribution in [0.15, 0.2) is 24.3 Å². The highest BCUT2D eigenvalue weighted by Crippen LogP contribution is 2.11. The summed E-state index contributed by atoms with van der Waals surface area (Å²) < 4.78 is 0. The number of hydrogen-bond acceptors (Lipinski definition) is 4. The van der Waals surface area contributed by atoms with E-state index >= 15 is 0 Å². The van der Waals surface area contributed by atoms with Crippen molar-refractivity contribution in [2.24, 2.45) is 0 Å². The molecule has 0 saturated carbocycles. The van der Waals surface area contributed by atoms with Crippen molar-refractivity contribution in [3.8, 4) is 0 Å². The summed E-state index contributed by atoms with van der Waals surface area (Å²) in [4.78, 5) is 12.2. The maximum atomic E-state index is 12.2. The molecule has 3 atom stereocenters. The molecule has 3 unspecified atom stereocenters. The maximum absolute atomic E-state index is 12.2. The highest BCUT2D eigenvalue weighted by atomic mass is 16.3.